The van der Waals surface area contributed by atoms with Gasteiger partial charge < -0.3 is 4.57 Å². The minimum Gasteiger partial charge on any atom is -0.324 e. The molecule has 3 aromatic heterocycles. The van der Waals surface area contributed by atoms with Crippen LogP contribution in [0.25, 0.3) is 22.6 Å². The first-order valence-corrected chi connectivity index (χ1v) is 10.1. The summed E-state index contributed by atoms with van der Waals surface area (Å²) in [4.78, 5) is 11.6. The lowest BCUT2D eigenvalue weighted by atomic mass is 10.2. The van der Waals surface area contributed by atoms with Crippen LogP contribution < -0.4 is 0 Å². The Bertz CT molecular complexity index is 1090. The number of alkyl halides is 6. The van der Waals surface area contributed by atoms with Gasteiger partial charge in [-0.2, -0.15) is 26.3 Å². The number of imidazole rings is 1. The molecule has 13 heteroatoms. The van der Waals surface area contributed by atoms with Crippen molar-refractivity contribution < 1.29 is 30.6 Å². The third-order valence-electron chi connectivity index (χ3n) is 3.86. The summed E-state index contributed by atoms with van der Waals surface area (Å²) in [6.07, 6.45) is -2.88. The second-order valence-corrected chi connectivity index (χ2v) is 8.55. The number of aromatic nitrogens is 4. The fourth-order valence-corrected chi connectivity index (χ4v) is 4.00. The molecule has 0 saturated heterocycles. The summed E-state index contributed by atoms with van der Waals surface area (Å²) in [6.45, 7) is 1.54. The summed E-state index contributed by atoms with van der Waals surface area (Å²) in [5, 5.41) is -0.326. The minimum absolute atomic E-state index is 0.0399. The van der Waals surface area contributed by atoms with E-state index in [0.29, 0.717) is 11.7 Å². The average molecular weight is 454 g/mol. The molecule has 0 aliphatic heterocycles. The normalized spacial score (nSPS) is 13.8. The average Bonchev–Trinajstić information content (AvgIpc) is 2.94. The van der Waals surface area contributed by atoms with Crippen LogP contribution in [0.3, 0.4) is 0 Å². The number of pyridine rings is 2. The van der Waals surface area contributed by atoms with Crippen molar-refractivity contribution in [3.8, 4) is 11.5 Å². The largest absolute Gasteiger partial charge is 0.447 e. The topological polar surface area (TPSA) is 60.7 Å². The molecule has 0 radical (unpaired) electrons. The smallest absolute Gasteiger partial charge is 0.324 e. The van der Waals surface area contributed by atoms with Gasteiger partial charge in [0, 0.05) is 30.8 Å². The zero-order chi connectivity index (χ0) is 21.6. The van der Waals surface area contributed by atoms with Crippen LogP contribution in [0, 0.1) is 0 Å². The fourth-order valence-electron chi connectivity index (χ4n) is 2.55. The Kier molecular flexibility index (Phi) is 5.64. The van der Waals surface area contributed by atoms with E-state index < -0.39 is 39.8 Å². The van der Waals surface area contributed by atoms with Gasteiger partial charge in [0.15, 0.2) is 5.82 Å². The second-order valence-electron chi connectivity index (χ2n) is 5.76. The molecule has 1 unspecified atom stereocenters. The molecule has 156 valence electrons. The first-order valence-electron chi connectivity index (χ1n) is 7.95. The number of rotatable bonds is 4. The van der Waals surface area contributed by atoms with Crippen molar-refractivity contribution in [1.82, 2.24) is 19.5 Å². The van der Waals surface area contributed by atoms with Gasteiger partial charge in [0.1, 0.15) is 10.7 Å². The van der Waals surface area contributed by atoms with Crippen LogP contribution in [0.15, 0.2) is 34.4 Å². The van der Waals surface area contributed by atoms with Crippen LogP contribution >= 0.6 is 11.8 Å². The van der Waals surface area contributed by atoms with E-state index >= 15 is 0 Å². The zero-order valence-corrected chi connectivity index (χ0v) is 16.4. The van der Waals surface area contributed by atoms with Gasteiger partial charge in [-0.1, -0.05) is 6.92 Å². The van der Waals surface area contributed by atoms with Gasteiger partial charge in [-0.25, -0.2) is 9.97 Å². The summed E-state index contributed by atoms with van der Waals surface area (Å²) in [6, 6.07) is 1.88. The van der Waals surface area contributed by atoms with Crippen molar-refractivity contribution in [1.29, 1.82) is 0 Å². The van der Waals surface area contributed by atoms with Gasteiger partial charge in [-0.05, 0) is 12.1 Å². The Hall–Kier alpha value is -2.15. The summed E-state index contributed by atoms with van der Waals surface area (Å²) in [5.41, 5.74) is -5.12. The Morgan fingerprint density at radius 1 is 1.10 bits per heavy atom. The van der Waals surface area contributed by atoms with Crippen molar-refractivity contribution in [3.63, 3.8) is 0 Å². The summed E-state index contributed by atoms with van der Waals surface area (Å²) >= 11 is -0.407. The maximum absolute atomic E-state index is 13.0. The second kappa shape index (κ2) is 7.59. The van der Waals surface area contributed by atoms with E-state index in [0.717, 1.165) is 12.1 Å². The molecule has 0 fully saturated rings. The van der Waals surface area contributed by atoms with Gasteiger partial charge in [-0.3, -0.25) is 9.19 Å². The van der Waals surface area contributed by atoms with E-state index in [4.69, 9.17) is 0 Å². The van der Waals surface area contributed by atoms with Gasteiger partial charge in [0.05, 0.1) is 38.5 Å². The summed E-state index contributed by atoms with van der Waals surface area (Å²) < 4.78 is 90.6. The molecule has 3 aromatic rings. The Morgan fingerprint density at radius 3 is 2.38 bits per heavy atom. The van der Waals surface area contributed by atoms with Gasteiger partial charge >= 0.3 is 11.7 Å². The molecular weight excluding hydrogens is 442 g/mol. The van der Waals surface area contributed by atoms with Crippen molar-refractivity contribution >= 4 is 33.6 Å². The highest BCUT2D eigenvalue weighted by molar-refractivity contribution is 8.00. The van der Waals surface area contributed by atoms with E-state index in [1.165, 1.54) is 17.8 Å². The number of nitrogens with zero attached hydrogens (tertiary/aromatic N) is 4. The van der Waals surface area contributed by atoms with Crippen LogP contribution in [-0.4, -0.2) is 35.0 Å². The van der Waals surface area contributed by atoms with Crippen LogP contribution in [0.1, 0.15) is 12.5 Å². The number of fused-ring (bicyclic) bond motifs is 1. The zero-order valence-electron chi connectivity index (χ0n) is 14.8. The van der Waals surface area contributed by atoms with Gasteiger partial charge in [0.25, 0.3) is 0 Å². The lowest BCUT2D eigenvalue weighted by molar-refractivity contribution is -0.138. The van der Waals surface area contributed by atoms with E-state index in [1.807, 2.05) is 0 Å². The Balaban J connectivity index is 2.17. The molecule has 0 aliphatic carbocycles. The Labute approximate surface area is 167 Å². The Morgan fingerprint density at radius 2 is 1.79 bits per heavy atom. The summed E-state index contributed by atoms with van der Waals surface area (Å²) in [7, 11) is -0.265. The molecule has 5 nitrogen and oxygen atoms in total. The molecule has 0 bridgehead atoms. The number of hydrogen-bond acceptors (Lipinski definition) is 5. The molecule has 1 atom stereocenters. The lowest BCUT2D eigenvalue weighted by Gasteiger charge is -2.12. The highest BCUT2D eigenvalue weighted by Crippen LogP contribution is 2.37. The highest BCUT2D eigenvalue weighted by Gasteiger charge is 2.33. The molecule has 3 rings (SSSR count). The molecule has 29 heavy (non-hydrogen) atoms. The molecule has 0 saturated carbocycles. The number of hydrogen-bond donors (Lipinski definition) is 0. The minimum atomic E-state index is -4.67. The van der Waals surface area contributed by atoms with Crippen molar-refractivity contribution in [2.75, 3.05) is 5.75 Å². The monoisotopic (exact) mass is 454 g/mol. The fraction of sp³-hybridized carbons (Fsp3) is 0.312. The van der Waals surface area contributed by atoms with E-state index in [2.05, 4.69) is 15.0 Å². The highest BCUT2D eigenvalue weighted by atomic mass is 32.2. The predicted octanol–water partition coefficient (Wildman–Crippen LogP) is 4.79. The first-order chi connectivity index (χ1) is 13.4. The van der Waals surface area contributed by atoms with Crippen molar-refractivity contribution in [2.24, 2.45) is 7.05 Å². The van der Waals surface area contributed by atoms with Gasteiger partial charge in [0.2, 0.25) is 0 Å². The molecule has 0 aromatic carbocycles. The quantitative estimate of drug-likeness (QED) is 0.419. The maximum atomic E-state index is 13.0. The standard InChI is InChI=1S/C16H12F6N4OS2/c1-3-29(27)11-4-8(15(17,18)19)6-24-13(11)14-25-9-5-12(28-16(20,21)22)23-7-10(9)26(14)2/h4-7H,3H2,1-2H3. The van der Waals surface area contributed by atoms with Crippen LogP contribution in [0.5, 0.6) is 0 Å². The van der Waals surface area contributed by atoms with E-state index in [1.54, 1.807) is 6.92 Å². The number of thioether (sulfide) groups is 1. The van der Waals surface area contributed by atoms with Crippen LogP contribution in [0.2, 0.25) is 0 Å². The molecular formula is C16H12F6N4OS2. The third kappa shape index (κ3) is 4.55. The lowest BCUT2D eigenvalue weighted by Crippen LogP contribution is -2.10. The molecule has 0 N–H and O–H groups in total. The van der Waals surface area contributed by atoms with Crippen LogP contribution in [0.4, 0.5) is 26.3 Å². The first kappa shape index (κ1) is 21.6. The van der Waals surface area contributed by atoms with Gasteiger partial charge in [-0.15, -0.1) is 0 Å². The predicted molar refractivity (Wildman–Crippen MR) is 95.6 cm³/mol. The SMILES string of the molecule is CCS(=O)c1cc(C(F)(F)F)cnc1-c1nc2cc(SC(F)(F)F)ncc2n1C. The number of aryl methyl sites for hydroxylation is 1. The van der Waals surface area contributed by atoms with E-state index in [9.17, 15) is 30.6 Å². The molecule has 3 heterocycles. The molecule has 0 aliphatic rings. The number of halogens is 6. The van der Waals surface area contributed by atoms with Crippen LogP contribution in [-0.2, 0) is 24.0 Å². The van der Waals surface area contributed by atoms with Crippen molar-refractivity contribution in [2.45, 2.75) is 28.5 Å². The van der Waals surface area contributed by atoms with E-state index in [-0.39, 0.29) is 32.7 Å². The maximum Gasteiger partial charge on any atom is 0.447 e. The van der Waals surface area contributed by atoms with Crippen molar-refractivity contribution in [3.05, 3.63) is 30.1 Å². The third-order valence-corrected chi connectivity index (χ3v) is 5.85. The molecule has 0 amide bonds. The summed E-state index contributed by atoms with van der Waals surface area (Å²) in [5.74, 6) is 0.120. The molecule has 0 spiro atoms.